The van der Waals surface area contributed by atoms with Crippen molar-refractivity contribution in [2.45, 2.75) is 0 Å². The fourth-order valence-electron chi connectivity index (χ4n) is 2.23. The molecule has 1 aliphatic heterocycles. The van der Waals surface area contributed by atoms with Crippen molar-refractivity contribution in [3.8, 4) is 5.75 Å². The minimum Gasteiger partial charge on any atom is -0.497 e. The van der Waals surface area contributed by atoms with E-state index < -0.39 is 5.91 Å². The van der Waals surface area contributed by atoms with Gasteiger partial charge in [0.05, 0.1) is 12.8 Å². The van der Waals surface area contributed by atoms with E-state index in [4.69, 9.17) is 4.74 Å². The Kier molecular flexibility index (Phi) is 4.16. The summed E-state index contributed by atoms with van der Waals surface area (Å²) in [5.74, 6) is -0.157. The number of halogens is 1. The minimum absolute atomic E-state index is 0.0844. The Balaban J connectivity index is 1.91. The standard InChI is InChI=1S/C17H13BrN2O3/c1-23-14-4-2-3-11(9-14)10-15-16(21)19-20(17(15)22)13-7-5-12(18)6-8-13/h2-10H,1H3,(H,19,21). The van der Waals surface area contributed by atoms with Crippen LogP contribution < -0.4 is 15.2 Å². The van der Waals surface area contributed by atoms with Gasteiger partial charge in [-0.1, -0.05) is 28.1 Å². The maximum atomic E-state index is 12.5. The zero-order chi connectivity index (χ0) is 16.4. The van der Waals surface area contributed by atoms with Crippen LogP contribution in [0.25, 0.3) is 6.08 Å². The maximum absolute atomic E-state index is 12.5. The number of carbonyl (C=O) groups is 2. The second kappa shape index (κ2) is 6.26. The maximum Gasteiger partial charge on any atom is 0.282 e. The number of hydrazine groups is 1. The molecule has 5 nitrogen and oxygen atoms in total. The van der Waals surface area contributed by atoms with Crippen molar-refractivity contribution in [3.63, 3.8) is 0 Å². The number of amides is 2. The molecule has 1 N–H and O–H groups in total. The number of methoxy groups -OCH3 is 1. The first kappa shape index (κ1) is 15.3. The number of hydrogen-bond donors (Lipinski definition) is 1. The minimum atomic E-state index is -0.430. The summed E-state index contributed by atoms with van der Waals surface area (Å²) in [7, 11) is 1.56. The molecule has 2 aromatic carbocycles. The Bertz CT molecular complexity index is 800. The number of nitrogens with zero attached hydrogens (tertiary/aromatic N) is 1. The molecule has 1 aliphatic rings. The molecular weight excluding hydrogens is 360 g/mol. The van der Waals surface area contributed by atoms with Crippen molar-refractivity contribution in [1.29, 1.82) is 0 Å². The second-order valence-electron chi connectivity index (χ2n) is 4.89. The Morgan fingerprint density at radius 2 is 1.87 bits per heavy atom. The van der Waals surface area contributed by atoms with Crippen LogP contribution in [0.15, 0.2) is 58.6 Å². The molecule has 2 aromatic rings. The monoisotopic (exact) mass is 372 g/mol. The van der Waals surface area contributed by atoms with Crippen LogP contribution in [0.5, 0.6) is 5.75 Å². The smallest absolute Gasteiger partial charge is 0.282 e. The van der Waals surface area contributed by atoms with Gasteiger partial charge in [0.1, 0.15) is 11.3 Å². The highest BCUT2D eigenvalue weighted by Gasteiger charge is 2.34. The lowest BCUT2D eigenvalue weighted by molar-refractivity contribution is -0.117. The lowest BCUT2D eigenvalue weighted by Crippen LogP contribution is -2.35. The first-order chi connectivity index (χ1) is 11.1. The highest BCUT2D eigenvalue weighted by Crippen LogP contribution is 2.24. The highest BCUT2D eigenvalue weighted by atomic mass is 79.9. The predicted molar refractivity (Wildman–Crippen MR) is 90.7 cm³/mol. The molecule has 0 radical (unpaired) electrons. The zero-order valence-electron chi connectivity index (χ0n) is 12.2. The first-order valence-corrected chi connectivity index (χ1v) is 7.64. The lowest BCUT2D eigenvalue weighted by Gasteiger charge is -2.14. The van der Waals surface area contributed by atoms with Gasteiger partial charge in [-0.05, 0) is 48.0 Å². The van der Waals surface area contributed by atoms with E-state index in [1.165, 1.54) is 5.01 Å². The molecule has 1 fully saturated rings. The Morgan fingerprint density at radius 1 is 1.13 bits per heavy atom. The molecule has 0 saturated carbocycles. The molecule has 116 valence electrons. The van der Waals surface area contributed by atoms with E-state index in [1.54, 1.807) is 61.7 Å². The summed E-state index contributed by atoms with van der Waals surface area (Å²) >= 11 is 3.34. The molecule has 23 heavy (non-hydrogen) atoms. The van der Waals surface area contributed by atoms with Crippen molar-refractivity contribution in [2.75, 3.05) is 12.1 Å². The molecular formula is C17H13BrN2O3. The van der Waals surface area contributed by atoms with Crippen LogP contribution in [-0.4, -0.2) is 18.9 Å². The van der Waals surface area contributed by atoms with Crippen LogP contribution in [0.3, 0.4) is 0 Å². The van der Waals surface area contributed by atoms with Crippen LogP contribution >= 0.6 is 15.9 Å². The lowest BCUT2D eigenvalue weighted by atomic mass is 10.1. The van der Waals surface area contributed by atoms with Crippen molar-refractivity contribution >= 4 is 39.5 Å². The first-order valence-electron chi connectivity index (χ1n) is 6.85. The third-order valence-corrected chi connectivity index (χ3v) is 3.91. The molecule has 0 spiro atoms. The number of rotatable bonds is 3. The van der Waals surface area contributed by atoms with Gasteiger partial charge in [0.15, 0.2) is 0 Å². The van der Waals surface area contributed by atoms with E-state index in [0.717, 1.165) is 10.0 Å². The van der Waals surface area contributed by atoms with E-state index in [1.807, 2.05) is 0 Å². The molecule has 0 unspecified atom stereocenters. The van der Waals surface area contributed by atoms with Crippen LogP contribution in [0.2, 0.25) is 0 Å². The number of hydrogen-bond acceptors (Lipinski definition) is 3. The largest absolute Gasteiger partial charge is 0.497 e. The van der Waals surface area contributed by atoms with E-state index >= 15 is 0 Å². The molecule has 2 amide bonds. The molecule has 0 aromatic heterocycles. The summed E-state index contributed by atoms with van der Waals surface area (Å²) in [6.45, 7) is 0. The third-order valence-electron chi connectivity index (χ3n) is 3.38. The fraction of sp³-hybridized carbons (Fsp3) is 0.0588. The number of benzene rings is 2. The zero-order valence-corrected chi connectivity index (χ0v) is 13.8. The van der Waals surface area contributed by atoms with Crippen molar-refractivity contribution in [1.82, 2.24) is 5.43 Å². The Hall–Kier alpha value is -2.60. The molecule has 6 heteroatoms. The van der Waals surface area contributed by atoms with Crippen LogP contribution in [0.1, 0.15) is 5.56 Å². The van der Waals surface area contributed by atoms with Gasteiger partial charge in [-0.2, -0.15) is 0 Å². The van der Waals surface area contributed by atoms with Gasteiger partial charge in [0.25, 0.3) is 11.8 Å². The van der Waals surface area contributed by atoms with Gasteiger partial charge in [-0.25, -0.2) is 5.01 Å². The molecule has 3 rings (SSSR count). The summed E-state index contributed by atoms with van der Waals surface area (Å²) in [5.41, 5.74) is 3.97. The van der Waals surface area contributed by atoms with Crippen molar-refractivity contribution < 1.29 is 14.3 Å². The number of nitrogens with one attached hydrogen (secondary N) is 1. The van der Waals surface area contributed by atoms with Crippen LogP contribution in [0, 0.1) is 0 Å². The molecule has 0 bridgehead atoms. The summed E-state index contributed by atoms with van der Waals surface area (Å²) in [6.07, 6.45) is 1.55. The highest BCUT2D eigenvalue weighted by molar-refractivity contribution is 9.10. The van der Waals surface area contributed by atoms with Gasteiger partial charge in [0.2, 0.25) is 0 Å². The van der Waals surface area contributed by atoms with E-state index in [9.17, 15) is 9.59 Å². The Labute approximate surface area is 141 Å². The van der Waals surface area contributed by atoms with E-state index in [2.05, 4.69) is 21.4 Å². The van der Waals surface area contributed by atoms with Crippen molar-refractivity contribution in [2.24, 2.45) is 0 Å². The average molecular weight is 373 g/mol. The Morgan fingerprint density at radius 3 is 2.57 bits per heavy atom. The summed E-state index contributed by atoms with van der Waals surface area (Å²) in [4.78, 5) is 24.6. The number of ether oxygens (including phenoxy) is 1. The van der Waals surface area contributed by atoms with Gasteiger partial charge < -0.3 is 4.74 Å². The number of carbonyl (C=O) groups excluding carboxylic acids is 2. The summed E-state index contributed by atoms with van der Waals surface area (Å²) in [5, 5.41) is 1.24. The van der Waals surface area contributed by atoms with E-state index in [-0.39, 0.29) is 11.5 Å². The number of anilines is 1. The van der Waals surface area contributed by atoms with Crippen LogP contribution in [-0.2, 0) is 9.59 Å². The molecule has 0 aliphatic carbocycles. The van der Waals surface area contributed by atoms with Gasteiger partial charge >= 0.3 is 0 Å². The normalized spacial score (nSPS) is 15.9. The molecule has 1 heterocycles. The van der Waals surface area contributed by atoms with Crippen molar-refractivity contribution in [3.05, 3.63) is 64.1 Å². The average Bonchev–Trinajstić information content (AvgIpc) is 2.84. The van der Waals surface area contributed by atoms with Gasteiger partial charge in [-0.3, -0.25) is 15.0 Å². The summed E-state index contributed by atoms with van der Waals surface area (Å²) < 4.78 is 6.04. The molecule has 0 atom stereocenters. The SMILES string of the molecule is COc1cccc(C=C2C(=O)NN(c3ccc(Br)cc3)C2=O)c1. The summed E-state index contributed by atoms with van der Waals surface area (Å²) in [6, 6.07) is 14.3. The van der Waals surface area contributed by atoms with Crippen LogP contribution in [0.4, 0.5) is 5.69 Å². The van der Waals surface area contributed by atoms with E-state index in [0.29, 0.717) is 11.4 Å². The fourth-order valence-corrected chi connectivity index (χ4v) is 2.49. The molecule has 1 saturated heterocycles. The topological polar surface area (TPSA) is 58.6 Å². The second-order valence-corrected chi connectivity index (χ2v) is 5.81. The predicted octanol–water partition coefficient (Wildman–Crippen LogP) is 2.92. The van der Waals surface area contributed by atoms with Gasteiger partial charge in [0, 0.05) is 4.47 Å². The quantitative estimate of drug-likeness (QED) is 0.665. The van der Waals surface area contributed by atoms with Gasteiger partial charge in [-0.15, -0.1) is 0 Å². The third kappa shape index (κ3) is 3.12.